The lowest BCUT2D eigenvalue weighted by atomic mass is 10.3. The van der Waals surface area contributed by atoms with Crippen molar-refractivity contribution in [1.29, 1.82) is 0 Å². The van der Waals surface area contributed by atoms with Gasteiger partial charge in [0.15, 0.2) is 6.61 Å². The zero-order chi connectivity index (χ0) is 23.1. The lowest BCUT2D eigenvalue weighted by molar-refractivity contribution is -0.153. The van der Waals surface area contributed by atoms with Gasteiger partial charge in [0.1, 0.15) is 17.1 Å². The molecule has 0 aliphatic heterocycles. The molecule has 0 radical (unpaired) electrons. The molecule has 0 atom stereocenters. The number of pyridine rings is 2. The molecule has 3 heterocycles. The predicted octanol–water partition coefficient (Wildman–Crippen LogP) is 3.81. The van der Waals surface area contributed by atoms with Gasteiger partial charge in [0.05, 0.1) is 18.1 Å². The summed E-state index contributed by atoms with van der Waals surface area (Å²) >= 11 is 0. The first-order valence-corrected chi connectivity index (χ1v) is 8.65. The van der Waals surface area contributed by atoms with E-state index in [0.29, 0.717) is 5.69 Å². The summed E-state index contributed by atoms with van der Waals surface area (Å²) in [4.78, 5) is 27.8. The van der Waals surface area contributed by atoms with Crippen molar-refractivity contribution >= 4 is 23.2 Å². The van der Waals surface area contributed by atoms with Gasteiger partial charge >= 0.3 is 12.8 Å². The number of alkyl halides is 5. The first-order valence-electron chi connectivity index (χ1n) is 8.65. The Labute approximate surface area is 176 Å². The predicted molar refractivity (Wildman–Crippen MR) is 99.9 cm³/mol. The van der Waals surface area contributed by atoms with Crippen LogP contribution in [-0.4, -0.2) is 45.2 Å². The van der Waals surface area contributed by atoms with Crippen molar-refractivity contribution in [2.24, 2.45) is 0 Å². The molecular weight excluding hydrogens is 443 g/mol. The van der Waals surface area contributed by atoms with Crippen LogP contribution in [0.5, 0.6) is 11.6 Å². The number of aromatic nitrogens is 4. The second kappa shape index (κ2) is 9.80. The number of carbonyl (C=O) groups excluding carboxylic acids is 1. The Morgan fingerprint density at radius 1 is 1.06 bits per heavy atom. The van der Waals surface area contributed by atoms with Crippen LogP contribution in [0.1, 0.15) is 10.5 Å². The van der Waals surface area contributed by atoms with E-state index in [1.165, 1.54) is 42.9 Å². The van der Waals surface area contributed by atoms with E-state index in [0.717, 1.165) is 6.20 Å². The molecule has 1 amide bonds. The minimum Gasteiger partial charge on any atom is -0.482 e. The Morgan fingerprint density at radius 3 is 2.56 bits per heavy atom. The molecule has 168 valence electrons. The average Bonchev–Trinajstić information content (AvgIpc) is 2.74. The number of nitrogens with one attached hydrogen (secondary N) is 2. The number of nitrogens with zero attached hydrogens (tertiary/aromatic N) is 4. The minimum atomic E-state index is -4.56. The molecule has 0 aliphatic rings. The van der Waals surface area contributed by atoms with E-state index < -0.39 is 25.3 Å². The monoisotopic (exact) mass is 456 g/mol. The molecule has 0 aromatic carbocycles. The summed E-state index contributed by atoms with van der Waals surface area (Å²) in [6.45, 7) is -4.56. The maximum absolute atomic E-state index is 12.5. The van der Waals surface area contributed by atoms with E-state index >= 15 is 0 Å². The number of amides is 1. The normalized spacial score (nSPS) is 11.2. The zero-order valence-corrected chi connectivity index (χ0v) is 15.8. The number of halogens is 5. The van der Waals surface area contributed by atoms with Gasteiger partial charge < -0.3 is 20.1 Å². The van der Waals surface area contributed by atoms with Crippen LogP contribution in [0.15, 0.2) is 49.1 Å². The van der Waals surface area contributed by atoms with E-state index in [9.17, 15) is 26.7 Å². The zero-order valence-electron chi connectivity index (χ0n) is 15.8. The largest absolute Gasteiger partial charge is 0.482 e. The Morgan fingerprint density at radius 2 is 1.88 bits per heavy atom. The van der Waals surface area contributed by atoms with Gasteiger partial charge in [-0.3, -0.25) is 9.78 Å². The highest BCUT2D eigenvalue weighted by Gasteiger charge is 2.29. The van der Waals surface area contributed by atoms with E-state index in [2.05, 4.69) is 40.0 Å². The highest BCUT2D eigenvalue weighted by molar-refractivity contribution is 6.03. The minimum absolute atomic E-state index is 0.0262. The van der Waals surface area contributed by atoms with E-state index in [4.69, 9.17) is 0 Å². The van der Waals surface area contributed by atoms with Gasteiger partial charge in [-0.15, -0.1) is 0 Å². The fraction of sp³-hybridized carbons (Fsp3) is 0.167. The number of hydrogen-bond donors (Lipinski definition) is 2. The number of rotatable bonds is 8. The molecule has 0 aliphatic carbocycles. The van der Waals surface area contributed by atoms with Crippen molar-refractivity contribution in [2.75, 3.05) is 17.2 Å². The smallest absolute Gasteiger partial charge is 0.422 e. The van der Waals surface area contributed by atoms with Crippen LogP contribution >= 0.6 is 0 Å². The molecule has 0 saturated heterocycles. The third-order valence-electron chi connectivity index (χ3n) is 3.51. The summed E-state index contributed by atoms with van der Waals surface area (Å²) < 4.78 is 70.4. The van der Waals surface area contributed by atoms with Crippen molar-refractivity contribution in [2.45, 2.75) is 12.8 Å². The lowest BCUT2D eigenvalue weighted by Crippen LogP contribution is -2.21. The standard InChI is InChI=1S/C18H13F5N6O3/c19-16(20)32-14-2-1-10(7-26-14)27-17-25-6-3-11(29-17)15(30)28-12-8-24-5-4-13(12)31-9-18(21,22)23/h1-8,16H,9H2,(H,28,30)(H,25,27,29). The first kappa shape index (κ1) is 22.6. The van der Waals surface area contributed by atoms with Crippen LogP contribution < -0.4 is 20.1 Å². The van der Waals surface area contributed by atoms with Gasteiger partial charge in [-0.05, 0) is 12.1 Å². The summed E-state index contributed by atoms with van der Waals surface area (Å²) in [6.07, 6.45) is 0.221. The molecule has 0 unspecified atom stereocenters. The average molecular weight is 456 g/mol. The second-order valence-corrected chi connectivity index (χ2v) is 5.88. The molecular formula is C18H13F5N6O3. The van der Waals surface area contributed by atoms with Gasteiger partial charge in [-0.25, -0.2) is 15.0 Å². The van der Waals surface area contributed by atoms with E-state index in [1.54, 1.807) is 0 Å². The molecule has 2 N–H and O–H groups in total. The van der Waals surface area contributed by atoms with Gasteiger partial charge in [0, 0.05) is 24.5 Å². The number of carbonyl (C=O) groups is 1. The molecule has 0 bridgehead atoms. The summed E-state index contributed by atoms with van der Waals surface area (Å²) in [5.74, 6) is -1.31. The Hall–Kier alpha value is -4.10. The van der Waals surface area contributed by atoms with E-state index in [-0.39, 0.29) is 29.0 Å². The summed E-state index contributed by atoms with van der Waals surface area (Å²) in [5, 5.41) is 5.09. The van der Waals surface area contributed by atoms with Gasteiger partial charge in [0.25, 0.3) is 5.91 Å². The van der Waals surface area contributed by atoms with Gasteiger partial charge in [0.2, 0.25) is 11.8 Å². The van der Waals surface area contributed by atoms with Crippen molar-refractivity contribution in [1.82, 2.24) is 19.9 Å². The first-order chi connectivity index (χ1) is 15.2. The Balaban J connectivity index is 1.68. The fourth-order valence-corrected chi connectivity index (χ4v) is 2.24. The molecule has 3 rings (SSSR count). The molecule has 3 aromatic heterocycles. The van der Waals surface area contributed by atoms with Crippen LogP contribution in [0, 0.1) is 0 Å². The highest BCUT2D eigenvalue weighted by atomic mass is 19.4. The van der Waals surface area contributed by atoms with Crippen LogP contribution in [0.2, 0.25) is 0 Å². The third kappa shape index (κ3) is 6.72. The summed E-state index contributed by atoms with van der Waals surface area (Å²) in [5.41, 5.74) is 0.103. The van der Waals surface area contributed by atoms with Crippen LogP contribution in [0.25, 0.3) is 0 Å². The molecule has 0 fully saturated rings. The summed E-state index contributed by atoms with van der Waals surface area (Å²) in [7, 11) is 0. The van der Waals surface area contributed by atoms with Crippen LogP contribution in [0.3, 0.4) is 0 Å². The maximum atomic E-state index is 12.5. The van der Waals surface area contributed by atoms with Crippen molar-refractivity contribution in [3.8, 4) is 11.6 Å². The molecule has 9 nitrogen and oxygen atoms in total. The molecule has 3 aromatic rings. The molecule has 0 spiro atoms. The second-order valence-electron chi connectivity index (χ2n) is 5.88. The topological polar surface area (TPSA) is 111 Å². The number of hydrogen-bond acceptors (Lipinski definition) is 8. The van der Waals surface area contributed by atoms with Crippen molar-refractivity contribution in [3.63, 3.8) is 0 Å². The SMILES string of the molecule is O=C(Nc1cnccc1OCC(F)(F)F)c1ccnc(Nc2ccc(OC(F)F)nc2)n1. The molecule has 32 heavy (non-hydrogen) atoms. The van der Waals surface area contributed by atoms with E-state index in [1.807, 2.05) is 0 Å². The number of ether oxygens (including phenoxy) is 2. The van der Waals surface area contributed by atoms with Crippen molar-refractivity contribution < 1.29 is 36.2 Å². The van der Waals surface area contributed by atoms with Gasteiger partial charge in [-0.1, -0.05) is 0 Å². The third-order valence-corrected chi connectivity index (χ3v) is 3.51. The van der Waals surface area contributed by atoms with Crippen LogP contribution in [-0.2, 0) is 0 Å². The Bertz CT molecular complexity index is 1070. The van der Waals surface area contributed by atoms with Crippen molar-refractivity contribution in [3.05, 3.63) is 54.7 Å². The highest BCUT2D eigenvalue weighted by Crippen LogP contribution is 2.26. The number of anilines is 3. The maximum Gasteiger partial charge on any atom is 0.422 e. The molecule has 14 heteroatoms. The lowest BCUT2D eigenvalue weighted by Gasteiger charge is -2.13. The molecule has 0 saturated carbocycles. The van der Waals surface area contributed by atoms with Gasteiger partial charge in [-0.2, -0.15) is 22.0 Å². The Kier molecular flexibility index (Phi) is 6.92. The fourth-order valence-electron chi connectivity index (χ4n) is 2.24. The quantitative estimate of drug-likeness (QED) is 0.493. The van der Waals surface area contributed by atoms with Crippen LogP contribution in [0.4, 0.5) is 39.3 Å². The summed E-state index contributed by atoms with van der Waals surface area (Å²) in [6, 6.07) is 5.00.